The van der Waals surface area contributed by atoms with E-state index in [2.05, 4.69) is 11.9 Å². The maximum atomic E-state index is 13.5. The molecule has 0 fully saturated rings. The number of nitrogens with zero attached hydrogens (tertiary/aromatic N) is 2. The summed E-state index contributed by atoms with van der Waals surface area (Å²) in [4.78, 5) is 4.92. The topological polar surface area (TPSA) is 59.5 Å². The molecule has 1 aliphatic heterocycles. The van der Waals surface area contributed by atoms with Gasteiger partial charge in [0.1, 0.15) is 11.6 Å². The fourth-order valence-electron chi connectivity index (χ4n) is 4.06. The number of hydrogen-bond acceptors (Lipinski definition) is 4. The smallest absolute Gasteiger partial charge is 0.265 e. The van der Waals surface area contributed by atoms with Gasteiger partial charge in [-0.15, -0.1) is 0 Å². The molecule has 5 nitrogen and oxygen atoms in total. The molecule has 1 aromatic heterocycles. The van der Waals surface area contributed by atoms with Crippen LogP contribution >= 0.6 is 0 Å². The molecule has 0 saturated carbocycles. The molecule has 0 amide bonds. The Hall–Kier alpha value is -2.86. The van der Waals surface area contributed by atoms with Crippen LogP contribution in [0.15, 0.2) is 65.6 Å². The van der Waals surface area contributed by atoms with Crippen molar-refractivity contribution in [1.29, 1.82) is 0 Å². The number of anilines is 1. The number of pyridine rings is 1. The fraction of sp³-hybridized carbons (Fsp3) is 0.292. The van der Waals surface area contributed by atoms with Crippen molar-refractivity contribution >= 4 is 15.8 Å². The maximum Gasteiger partial charge on any atom is 0.265 e. The predicted octanol–water partition coefficient (Wildman–Crippen LogP) is 4.42. The Balaban J connectivity index is 1.76. The van der Waals surface area contributed by atoms with Gasteiger partial charge in [-0.25, -0.2) is 17.7 Å². The number of methoxy groups -OCH3 is 1. The van der Waals surface area contributed by atoms with Gasteiger partial charge in [-0.1, -0.05) is 42.8 Å². The van der Waals surface area contributed by atoms with Crippen molar-refractivity contribution in [1.82, 2.24) is 4.98 Å². The van der Waals surface area contributed by atoms with Crippen molar-refractivity contribution in [2.45, 2.75) is 37.5 Å². The second-order valence-electron chi connectivity index (χ2n) is 8.23. The first-order valence-electron chi connectivity index (χ1n) is 9.93. The number of benzene rings is 2. The Bertz CT molecular complexity index is 1170. The van der Waals surface area contributed by atoms with E-state index < -0.39 is 10.0 Å². The van der Waals surface area contributed by atoms with Crippen LogP contribution < -0.4 is 9.04 Å². The van der Waals surface area contributed by atoms with Gasteiger partial charge >= 0.3 is 0 Å². The average molecular weight is 423 g/mol. The normalized spacial score (nSPS) is 18.3. The van der Waals surface area contributed by atoms with E-state index in [0.29, 0.717) is 18.8 Å². The number of ether oxygens (including phenoxy) is 1. The minimum Gasteiger partial charge on any atom is -0.497 e. The minimum atomic E-state index is -3.71. The summed E-state index contributed by atoms with van der Waals surface area (Å²) in [5, 5.41) is 0. The standard InChI is InChI=1S/C24H26N2O3S/c1-17-5-12-21(13-6-17)30(27,28)26-16-24(3,22-14-7-18(2)25-23(22)26)15-19-8-10-20(29-4)11-9-19/h5-14H,15-16H2,1-4H3/t24-/m1/s1. The molecule has 0 N–H and O–H groups in total. The Labute approximate surface area is 178 Å². The van der Waals surface area contributed by atoms with E-state index in [1.54, 1.807) is 19.2 Å². The summed E-state index contributed by atoms with van der Waals surface area (Å²) in [5.41, 5.74) is 3.52. The summed E-state index contributed by atoms with van der Waals surface area (Å²) in [7, 11) is -2.06. The van der Waals surface area contributed by atoms with Crippen molar-refractivity contribution in [3.05, 3.63) is 83.0 Å². The monoisotopic (exact) mass is 422 g/mol. The van der Waals surface area contributed by atoms with Crippen LogP contribution in [0.4, 0.5) is 5.82 Å². The molecule has 1 aliphatic rings. The van der Waals surface area contributed by atoms with Crippen LogP contribution in [0.5, 0.6) is 5.75 Å². The zero-order valence-corrected chi connectivity index (χ0v) is 18.5. The summed E-state index contributed by atoms with van der Waals surface area (Å²) in [6.45, 7) is 6.28. The van der Waals surface area contributed by atoms with Crippen LogP contribution in [0.25, 0.3) is 0 Å². The molecule has 2 aromatic carbocycles. The van der Waals surface area contributed by atoms with E-state index in [-0.39, 0.29) is 10.3 Å². The van der Waals surface area contributed by atoms with E-state index in [1.165, 1.54) is 4.31 Å². The Morgan fingerprint density at radius 1 is 1.00 bits per heavy atom. The summed E-state index contributed by atoms with van der Waals surface area (Å²) >= 11 is 0. The van der Waals surface area contributed by atoms with E-state index >= 15 is 0 Å². The highest BCUT2D eigenvalue weighted by Crippen LogP contribution is 2.44. The van der Waals surface area contributed by atoms with Gasteiger partial charge < -0.3 is 4.74 Å². The molecule has 0 saturated heterocycles. The largest absolute Gasteiger partial charge is 0.497 e. The number of aryl methyl sites for hydroxylation is 2. The van der Waals surface area contributed by atoms with Crippen LogP contribution in [0, 0.1) is 13.8 Å². The van der Waals surface area contributed by atoms with Gasteiger partial charge in [0.15, 0.2) is 0 Å². The molecule has 0 spiro atoms. The molecule has 0 unspecified atom stereocenters. The Morgan fingerprint density at radius 3 is 2.30 bits per heavy atom. The lowest BCUT2D eigenvalue weighted by Crippen LogP contribution is -2.36. The number of sulfonamides is 1. The molecular formula is C24H26N2O3S. The lowest BCUT2D eigenvalue weighted by molar-refractivity contribution is 0.414. The van der Waals surface area contributed by atoms with Gasteiger partial charge in [-0.2, -0.15) is 0 Å². The van der Waals surface area contributed by atoms with E-state index in [9.17, 15) is 8.42 Å². The van der Waals surface area contributed by atoms with Crippen LogP contribution in [-0.2, 0) is 21.9 Å². The van der Waals surface area contributed by atoms with E-state index in [4.69, 9.17) is 4.74 Å². The molecule has 0 aliphatic carbocycles. The molecule has 30 heavy (non-hydrogen) atoms. The maximum absolute atomic E-state index is 13.5. The second-order valence-corrected chi connectivity index (χ2v) is 10.1. The summed E-state index contributed by atoms with van der Waals surface area (Å²) in [6.07, 6.45) is 0.703. The van der Waals surface area contributed by atoms with Crippen LogP contribution in [0.2, 0.25) is 0 Å². The molecule has 1 atom stereocenters. The highest BCUT2D eigenvalue weighted by Gasteiger charge is 2.45. The molecule has 0 radical (unpaired) electrons. The first-order valence-corrected chi connectivity index (χ1v) is 11.4. The SMILES string of the molecule is COc1ccc(C[C@]2(C)CN(S(=O)(=O)c3ccc(C)cc3)c3nc(C)ccc32)cc1. The van der Waals surface area contributed by atoms with E-state index in [0.717, 1.165) is 28.1 Å². The van der Waals surface area contributed by atoms with Crippen LogP contribution in [-0.4, -0.2) is 27.1 Å². The van der Waals surface area contributed by atoms with Gasteiger partial charge in [0.05, 0.1) is 12.0 Å². The molecule has 3 aromatic rings. The van der Waals surface area contributed by atoms with Crippen molar-refractivity contribution in [2.75, 3.05) is 18.0 Å². The van der Waals surface area contributed by atoms with E-state index in [1.807, 2.05) is 62.4 Å². The highest BCUT2D eigenvalue weighted by molar-refractivity contribution is 7.92. The second kappa shape index (κ2) is 7.43. The summed E-state index contributed by atoms with van der Waals surface area (Å²) < 4.78 is 33.8. The van der Waals surface area contributed by atoms with Gasteiger partial charge in [0, 0.05) is 23.2 Å². The van der Waals surface area contributed by atoms with Gasteiger partial charge in [-0.3, -0.25) is 0 Å². The minimum absolute atomic E-state index is 0.288. The third-order valence-electron chi connectivity index (χ3n) is 5.76. The van der Waals surface area contributed by atoms with Crippen molar-refractivity contribution in [3.63, 3.8) is 0 Å². The van der Waals surface area contributed by atoms with Gasteiger partial charge in [0.25, 0.3) is 10.0 Å². The predicted molar refractivity (Wildman–Crippen MR) is 119 cm³/mol. The first-order chi connectivity index (χ1) is 14.2. The summed E-state index contributed by atoms with van der Waals surface area (Å²) in [5.74, 6) is 1.34. The van der Waals surface area contributed by atoms with Crippen molar-refractivity contribution in [3.8, 4) is 5.75 Å². The van der Waals surface area contributed by atoms with Crippen molar-refractivity contribution < 1.29 is 13.2 Å². The lowest BCUT2D eigenvalue weighted by atomic mass is 9.79. The third-order valence-corrected chi connectivity index (χ3v) is 7.51. The molecule has 4 rings (SSSR count). The first kappa shape index (κ1) is 20.4. The Morgan fingerprint density at radius 2 is 1.67 bits per heavy atom. The van der Waals surface area contributed by atoms with Crippen LogP contribution in [0.3, 0.4) is 0 Å². The number of aromatic nitrogens is 1. The molecule has 0 bridgehead atoms. The molecule has 2 heterocycles. The highest BCUT2D eigenvalue weighted by atomic mass is 32.2. The third kappa shape index (κ3) is 3.56. The number of rotatable bonds is 5. The van der Waals surface area contributed by atoms with Gasteiger partial charge in [-0.05, 0) is 56.2 Å². The zero-order chi connectivity index (χ0) is 21.5. The quantitative estimate of drug-likeness (QED) is 0.611. The average Bonchev–Trinajstić information content (AvgIpc) is 3.01. The molecular weight excluding hydrogens is 396 g/mol. The molecule has 6 heteroatoms. The van der Waals surface area contributed by atoms with Crippen molar-refractivity contribution in [2.24, 2.45) is 0 Å². The number of hydrogen-bond donors (Lipinski definition) is 0. The Kier molecular flexibility index (Phi) is 5.06. The van der Waals surface area contributed by atoms with Crippen LogP contribution in [0.1, 0.15) is 29.3 Å². The summed E-state index contributed by atoms with van der Waals surface area (Å²) in [6, 6.07) is 18.9. The lowest BCUT2D eigenvalue weighted by Gasteiger charge is -2.26. The number of fused-ring (bicyclic) bond motifs is 1. The van der Waals surface area contributed by atoms with Gasteiger partial charge in [0.2, 0.25) is 0 Å². The zero-order valence-electron chi connectivity index (χ0n) is 17.7. The molecule has 156 valence electrons. The fourth-order valence-corrected chi connectivity index (χ4v) is 5.62.